The molecule has 0 saturated heterocycles. The number of carbonyl (C=O) groups excluding carboxylic acids is 1. The van der Waals surface area contributed by atoms with Gasteiger partial charge < -0.3 is 9.30 Å². The molecule has 1 heterocycles. The summed E-state index contributed by atoms with van der Waals surface area (Å²) in [5.41, 5.74) is 1.91. The van der Waals surface area contributed by atoms with Crippen LogP contribution in [0.5, 0.6) is 0 Å². The van der Waals surface area contributed by atoms with Gasteiger partial charge in [-0.3, -0.25) is 0 Å². The highest BCUT2D eigenvalue weighted by Gasteiger charge is 2.16. The zero-order chi connectivity index (χ0) is 16.6. The van der Waals surface area contributed by atoms with Gasteiger partial charge in [0.2, 0.25) is 0 Å². The second-order valence-corrected chi connectivity index (χ2v) is 5.34. The lowest BCUT2D eigenvalue weighted by Gasteiger charge is -2.18. The number of carbonyl (C=O) groups is 1. The summed E-state index contributed by atoms with van der Waals surface area (Å²) in [5, 5.41) is 0. The van der Waals surface area contributed by atoms with E-state index in [1.165, 1.54) is 6.08 Å². The van der Waals surface area contributed by atoms with Crippen molar-refractivity contribution in [2.45, 2.75) is 12.6 Å². The summed E-state index contributed by atoms with van der Waals surface area (Å²) in [7, 11) is 0. The van der Waals surface area contributed by atoms with E-state index >= 15 is 0 Å². The van der Waals surface area contributed by atoms with Crippen molar-refractivity contribution < 1.29 is 9.53 Å². The number of hydrogen-bond acceptors (Lipinski definition) is 3. The third-order valence-electron chi connectivity index (χ3n) is 3.58. The standard InChI is InChI=1S/C20H18N2O2/c23-20(12-11-17-7-3-1-4-8-17)24-19(15-22-14-13-21-16-22)18-9-5-2-6-10-18/h1-14,16,19H,15H2/b12-11+. The maximum absolute atomic E-state index is 12.2. The lowest BCUT2D eigenvalue weighted by atomic mass is 10.1. The van der Waals surface area contributed by atoms with Gasteiger partial charge in [0.15, 0.2) is 0 Å². The molecule has 0 aliphatic heterocycles. The predicted molar refractivity (Wildman–Crippen MR) is 93.0 cm³/mol. The van der Waals surface area contributed by atoms with Crippen molar-refractivity contribution in [3.8, 4) is 0 Å². The zero-order valence-corrected chi connectivity index (χ0v) is 13.2. The first-order chi connectivity index (χ1) is 11.8. The number of imidazole rings is 1. The molecule has 3 rings (SSSR count). The number of hydrogen-bond donors (Lipinski definition) is 0. The minimum Gasteiger partial charge on any atom is -0.452 e. The fourth-order valence-electron chi connectivity index (χ4n) is 2.37. The van der Waals surface area contributed by atoms with Crippen LogP contribution >= 0.6 is 0 Å². The van der Waals surface area contributed by atoms with Crippen LogP contribution in [0.1, 0.15) is 17.2 Å². The molecule has 2 aromatic carbocycles. The van der Waals surface area contributed by atoms with Gasteiger partial charge in [-0.15, -0.1) is 0 Å². The van der Waals surface area contributed by atoms with Gasteiger partial charge in [-0.2, -0.15) is 0 Å². The average Bonchev–Trinajstić information content (AvgIpc) is 3.14. The Hall–Kier alpha value is -3.14. The number of nitrogens with zero attached hydrogens (tertiary/aromatic N) is 2. The van der Waals surface area contributed by atoms with E-state index in [0.29, 0.717) is 6.54 Å². The van der Waals surface area contributed by atoms with Crippen LogP contribution in [0.3, 0.4) is 0 Å². The predicted octanol–water partition coefficient (Wildman–Crippen LogP) is 3.88. The minimum atomic E-state index is -0.368. The number of ether oxygens (including phenoxy) is 1. The molecule has 1 aromatic heterocycles. The molecular formula is C20H18N2O2. The van der Waals surface area contributed by atoms with Gasteiger partial charge in [-0.25, -0.2) is 9.78 Å². The minimum absolute atomic E-state index is 0.367. The van der Waals surface area contributed by atoms with E-state index in [-0.39, 0.29) is 12.1 Å². The van der Waals surface area contributed by atoms with E-state index in [0.717, 1.165) is 11.1 Å². The summed E-state index contributed by atoms with van der Waals surface area (Å²) >= 11 is 0. The Balaban J connectivity index is 1.71. The van der Waals surface area contributed by atoms with Gasteiger partial charge in [0.05, 0.1) is 12.9 Å². The number of esters is 1. The second kappa shape index (κ2) is 7.92. The fraction of sp³-hybridized carbons (Fsp3) is 0.100. The summed E-state index contributed by atoms with van der Waals surface area (Å²) in [6.07, 6.45) is 8.11. The average molecular weight is 318 g/mol. The Morgan fingerprint density at radius 1 is 1.08 bits per heavy atom. The Kier molecular flexibility index (Phi) is 5.20. The van der Waals surface area contributed by atoms with E-state index in [9.17, 15) is 4.79 Å². The van der Waals surface area contributed by atoms with Crippen molar-refractivity contribution in [3.05, 3.63) is 96.6 Å². The topological polar surface area (TPSA) is 44.1 Å². The van der Waals surface area contributed by atoms with E-state index in [1.54, 1.807) is 18.6 Å². The fourth-order valence-corrected chi connectivity index (χ4v) is 2.37. The van der Waals surface area contributed by atoms with Crippen LogP contribution in [-0.2, 0) is 16.1 Å². The largest absolute Gasteiger partial charge is 0.452 e. The molecule has 0 bridgehead atoms. The Morgan fingerprint density at radius 2 is 1.79 bits per heavy atom. The van der Waals surface area contributed by atoms with Crippen LogP contribution in [0.2, 0.25) is 0 Å². The smallest absolute Gasteiger partial charge is 0.331 e. The van der Waals surface area contributed by atoms with Gasteiger partial charge in [0.1, 0.15) is 6.10 Å². The third-order valence-corrected chi connectivity index (χ3v) is 3.58. The van der Waals surface area contributed by atoms with Crippen molar-refractivity contribution in [1.29, 1.82) is 0 Å². The summed E-state index contributed by atoms with van der Waals surface area (Å²) in [5.74, 6) is -0.368. The molecule has 1 unspecified atom stereocenters. The van der Waals surface area contributed by atoms with Crippen molar-refractivity contribution in [2.75, 3.05) is 0 Å². The van der Waals surface area contributed by atoms with Crippen LogP contribution in [0.4, 0.5) is 0 Å². The van der Waals surface area contributed by atoms with Crippen molar-refractivity contribution >= 4 is 12.0 Å². The molecular weight excluding hydrogens is 300 g/mol. The highest BCUT2D eigenvalue weighted by Crippen LogP contribution is 2.20. The van der Waals surface area contributed by atoms with E-state index in [1.807, 2.05) is 71.4 Å². The molecule has 0 radical (unpaired) electrons. The molecule has 24 heavy (non-hydrogen) atoms. The van der Waals surface area contributed by atoms with E-state index in [2.05, 4.69) is 4.98 Å². The van der Waals surface area contributed by atoms with Crippen LogP contribution in [0.25, 0.3) is 6.08 Å². The monoisotopic (exact) mass is 318 g/mol. The molecule has 4 heteroatoms. The van der Waals surface area contributed by atoms with Crippen molar-refractivity contribution in [3.63, 3.8) is 0 Å². The third kappa shape index (κ3) is 4.43. The quantitative estimate of drug-likeness (QED) is 0.512. The number of aromatic nitrogens is 2. The normalized spacial score (nSPS) is 12.2. The Labute approximate surface area is 141 Å². The summed E-state index contributed by atoms with van der Waals surface area (Å²) in [6.45, 7) is 0.523. The van der Waals surface area contributed by atoms with Gasteiger partial charge in [-0.1, -0.05) is 60.7 Å². The maximum Gasteiger partial charge on any atom is 0.331 e. The number of rotatable bonds is 6. The SMILES string of the molecule is O=C(/C=C/c1ccccc1)OC(Cn1ccnc1)c1ccccc1. The van der Waals surface area contributed by atoms with E-state index < -0.39 is 0 Å². The molecule has 0 aliphatic carbocycles. The molecule has 3 aromatic rings. The van der Waals surface area contributed by atoms with Gasteiger partial charge in [0.25, 0.3) is 0 Å². The highest BCUT2D eigenvalue weighted by atomic mass is 16.5. The van der Waals surface area contributed by atoms with Gasteiger partial charge >= 0.3 is 5.97 Å². The first kappa shape index (κ1) is 15.7. The summed E-state index contributed by atoms with van der Waals surface area (Å²) < 4.78 is 7.55. The van der Waals surface area contributed by atoms with Crippen LogP contribution in [-0.4, -0.2) is 15.5 Å². The maximum atomic E-state index is 12.2. The molecule has 0 saturated carbocycles. The first-order valence-corrected chi connectivity index (χ1v) is 7.76. The molecule has 120 valence electrons. The van der Waals surface area contributed by atoms with Gasteiger partial charge in [0, 0.05) is 18.5 Å². The molecule has 1 atom stereocenters. The molecule has 0 aliphatic rings. The second-order valence-electron chi connectivity index (χ2n) is 5.34. The van der Waals surface area contributed by atoms with Crippen LogP contribution in [0, 0.1) is 0 Å². The Morgan fingerprint density at radius 3 is 2.46 bits per heavy atom. The lowest BCUT2D eigenvalue weighted by molar-refractivity contribution is -0.144. The molecule has 0 amide bonds. The highest BCUT2D eigenvalue weighted by molar-refractivity contribution is 5.87. The van der Waals surface area contributed by atoms with Crippen molar-refractivity contribution in [2.24, 2.45) is 0 Å². The molecule has 4 nitrogen and oxygen atoms in total. The lowest BCUT2D eigenvalue weighted by Crippen LogP contribution is -2.15. The summed E-state index contributed by atoms with van der Waals surface area (Å²) in [4.78, 5) is 16.2. The first-order valence-electron chi connectivity index (χ1n) is 7.76. The summed E-state index contributed by atoms with van der Waals surface area (Å²) in [6, 6.07) is 19.4. The zero-order valence-electron chi connectivity index (χ0n) is 13.2. The van der Waals surface area contributed by atoms with Crippen LogP contribution in [0.15, 0.2) is 85.5 Å². The number of benzene rings is 2. The molecule has 0 N–H and O–H groups in total. The van der Waals surface area contributed by atoms with E-state index in [4.69, 9.17) is 4.74 Å². The molecule has 0 fully saturated rings. The molecule has 0 spiro atoms. The van der Waals surface area contributed by atoms with Crippen LogP contribution < -0.4 is 0 Å². The van der Waals surface area contributed by atoms with Crippen molar-refractivity contribution in [1.82, 2.24) is 9.55 Å². The Bertz CT molecular complexity index is 781. The van der Waals surface area contributed by atoms with Gasteiger partial charge in [-0.05, 0) is 17.2 Å².